The number of ketones is 2. The van der Waals surface area contributed by atoms with Crippen LogP contribution < -0.4 is 9.47 Å². The van der Waals surface area contributed by atoms with E-state index in [0.29, 0.717) is 34.6 Å². The second-order valence-corrected chi connectivity index (χ2v) is 7.94. The maximum Gasteiger partial charge on any atom is 0.303 e. The summed E-state index contributed by atoms with van der Waals surface area (Å²) in [5.74, 6) is -0.850. The molecule has 0 aliphatic carbocycles. The highest BCUT2D eigenvalue weighted by atomic mass is 35.5. The fourth-order valence-electron chi connectivity index (χ4n) is 3.08. The van der Waals surface area contributed by atoms with Gasteiger partial charge in [0.1, 0.15) is 30.5 Å². The average molecular weight is 475 g/mol. The topological polar surface area (TPSA) is 110 Å². The Balaban J connectivity index is 1.97. The van der Waals surface area contributed by atoms with Gasteiger partial charge in [0.2, 0.25) is 0 Å². The predicted octanol–water partition coefficient (Wildman–Crippen LogP) is 5.26. The molecule has 0 bridgehead atoms. The van der Waals surface area contributed by atoms with E-state index in [9.17, 15) is 19.5 Å². The lowest BCUT2D eigenvalue weighted by molar-refractivity contribution is -0.136. The summed E-state index contributed by atoms with van der Waals surface area (Å²) in [5.41, 5.74) is 1.65. The van der Waals surface area contributed by atoms with Gasteiger partial charge in [-0.25, -0.2) is 0 Å². The van der Waals surface area contributed by atoms with E-state index in [1.165, 1.54) is 13.0 Å². The third-order valence-corrected chi connectivity index (χ3v) is 5.07. The number of phenolic OH excluding ortho intramolecular Hbond substituents is 1. The molecule has 2 aromatic carbocycles. The number of aliphatic carboxylic acids is 1. The number of Topliss-reactive ketones (excluding diaryl/α,β-unsaturated/α-hetero) is 2. The van der Waals surface area contributed by atoms with Crippen LogP contribution in [-0.2, 0) is 11.2 Å². The Morgan fingerprint density at radius 3 is 2.27 bits per heavy atom. The first-order chi connectivity index (χ1) is 15.6. The summed E-state index contributed by atoms with van der Waals surface area (Å²) in [6.45, 7) is 7.45. The van der Waals surface area contributed by atoms with E-state index >= 15 is 0 Å². The van der Waals surface area contributed by atoms with Gasteiger partial charge in [-0.05, 0) is 49.2 Å². The Morgan fingerprint density at radius 1 is 1.06 bits per heavy atom. The average Bonchev–Trinajstić information content (AvgIpc) is 2.78. The molecule has 7 nitrogen and oxygen atoms in total. The minimum absolute atomic E-state index is 0.0603. The summed E-state index contributed by atoms with van der Waals surface area (Å²) in [7, 11) is 0. The number of ether oxygens (including phenoxy) is 2. The molecule has 0 aliphatic heterocycles. The van der Waals surface area contributed by atoms with Gasteiger partial charge in [0.05, 0.1) is 17.0 Å². The molecule has 176 valence electrons. The molecule has 0 fully saturated rings. The number of hydrogen-bond acceptors (Lipinski definition) is 6. The summed E-state index contributed by atoms with van der Waals surface area (Å²) in [6, 6.07) is 7.80. The molecular weight excluding hydrogens is 448 g/mol. The lowest BCUT2D eigenvalue weighted by Gasteiger charge is -2.17. The molecule has 0 aliphatic rings. The second-order valence-electron chi connectivity index (χ2n) is 7.54. The van der Waals surface area contributed by atoms with Crippen molar-refractivity contribution in [2.75, 3.05) is 13.2 Å². The van der Waals surface area contributed by atoms with Gasteiger partial charge in [-0.2, -0.15) is 0 Å². The number of rotatable bonds is 13. The van der Waals surface area contributed by atoms with Crippen molar-refractivity contribution in [1.82, 2.24) is 0 Å². The van der Waals surface area contributed by atoms with Gasteiger partial charge in [-0.3, -0.25) is 14.4 Å². The van der Waals surface area contributed by atoms with Crippen LogP contribution in [0.25, 0.3) is 0 Å². The molecule has 2 N–H and O–H groups in total. The number of phenols is 1. The highest BCUT2D eigenvalue weighted by molar-refractivity contribution is 6.32. The molecule has 0 spiro atoms. The van der Waals surface area contributed by atoms with Crippen molar-refractivity contribution in [2.24, 2.45) is 0 Å². The van der Waals surface area contributed by atoms with Crippen molar-refractivity contribution in [3.63, 3.8) is 0 Å². The van der Waals surface area contributed by atoms with Crippen LogP contribution in [0.15, 0.2) is 42.5 Å². The standard InChI is InChI=1S/C25H27ClO7/c1-4-5-19-24(31)20(16(3)27)12-21(26)25(19)33-14-15(2)13-32-18-8-6-17(7-9-18)22(28)10-11-23(29)30/h6-9,12,31H,2,4-5,10-11,13-14H2,1,3H3,(H,29,30). The van der Waals surface area contributed by atoms with Crippen LogP contribution in [0, 0.1) is 0 Å². The molecule has 0 atom stereocenters. The highest BCUT2D eigenvalue weighted by Gasteiger charge is 2.20. The van der Waals surface area contributed by atoms with Crippen molar-refractivity contribution in [1.29, 1.82) is 0 Å². The molecule has 2 aromatic rings. The minimum atomic E-state index is -1.02. The molecule has 0 saturated heterocycles. The van der Waals surface area contributed by atoms with Crippen LogP contribution in [0.4, 0.5) is 0 Å². The number of benzene rings is 2. The number of carbonyl (C=O) groups excluding carboxylic acids is 2. The minimum Gasteiger partial charge on any atom is -0.507 e. The van der Waals surface area contributed by atoms with Crippen LogP contribution in [0.1, 0.15) is 59.4 Å². The zero-order valence-electron chi connectivity index (χ0n) is 18.7. The van der Waals surface area contributed by atoms with E-state index < -0.39 is 5.97 Å². The lowest BCUT2D eigenvalue weighted by Crippen LogP contribution is -2.10. The first-order valence-electron chi connectivity index (χ1n) is 10.5. The first-order valence-corrected chi connectivity index (χ1v) is 10.8. The van der Waals surface area contributed by atoms with E-state index in [4.69, 9.17) is 26.2 Å². The molecule has 0 aromatic heterocycles. The Kier molecular flexibility index (Phi) is 9.48. The van der Waals surface area contributed by atoms with Crippen LogP contribution in [0.2, 0.25) is 5.02 Å². The number of aromatic hydroxyl groups is 1. The van der Waals surface area contributed by atoms with Crippen molar-refractivity contribution in [3.8, 4) is 17.2 Å². The van der Waals surface area contributed by atoms with Gasteiger partial charge >= 0.3 is 5.97 Å². The van der Waals surface area contributed by atoms with E-state index in [-0.39, 0.29) is 54.0 Å². The smallest absolute Gasteiger partial charge is 0.303 e. The summed E-state index contributed by atoms with van der Waals surface area (Å²) < 4.78 is 11.5. The third kappa shape index (κ3) is 7.36. The fourth-order valence-corrected chi connectivity index (χ4v) is 3.36. The maximum absolute atomic E-state index is 11.9. The van der Waals surface area contributed by atoms with Crippen LogP contribution in [-0.4, -0.2) is 41.0 Å². The van der Waals surface area contributed by atoms with Gasteiger partial charge in [0, 0.05) is 17.5 Å². The molecular formula is C25H27ClO7. The molecule has 0 radical (unpaired) electrons. The summed E-state index contributed by atoms with van der Waals surface area (Å²) >= 11 is 6.31. The van der Waals surface area contributed by atoms with Gasteiger partial charge in [-0.1, -0.05) is 31.5 Å². The van der Waals surface area contributed by atoms with Crippen molar-refractivity contribution >= 4 is 29.1 Å². The lowest BCUT2D eigenvalue weighted by atomic mass is 10.0. The van der Waals surface area contributed by atoms with Crippen LogP contribution in [0.3, 0.4) is 0 Å². The number of carboxylic acid groups (broad SMARTS) is 1. The zero-order chi connectivity index (χ0) is 24.5. The third-order valence-electron chi connectivity index (χ3n) is 4.79. The SMILES string of the molecule is C=C(COc1ccc(C(=O)CCC(=O)O)cc1)COc1c(Cl)cc(C(C)=O)c(O)c1CCC. The molecule has 0 heterocycles. The van der Waals surface area contributed by atoms with Gasteiger partial charge in [0.25, 0.3) is 0 Å². The molecule has 0 saturated carbocycles. The Hall–Kier alpha value is -3.32. The Labute approximate surface area is 197 Å². The molecule has 33 heavy (non-hydrogen) atoms. The zero-order valence-corrected chi connectivity index (χ0v) is 19.4. The van der Waals surface area contributed by atoms with E-state index in [2.05, 4.69) is 6.58 Å². The van der Waals surface area contributed by atoms with Gasteiger partial charge in [-0.15, -0.1) is 0 Å². The Morgan fingerprint density at radius 2 is 1.70 bits per heavy atom. The number of carbonyl (C=O) groups is 3. The number of hydrogen-bond donors (Lipinski definition) is 2. The van der Waals surface area contributed by atoms with Crippen molar-refractivity contribution in [3.05, 3.63) is 64.2 Å². The summed E-state index contributed by atoms with van der Waals surface area (Å²) in [4.78, 5) is 34.3. The Bertz CT molecular complexity index is 1040. The normalized spacial score (nSPS) is 10.5. The molecule has 0 amide bonds. The highest BCUT2D eigenvalue weighted by Crippen LogP contribution is 2.39. The van der Waals surface area contributed by atoms with Crippen molar-refractivity contribution in [2.45, 2.75) is 39.5 Å². The van der Waals surface area contributed by atoms with Crippen molar-refractivity contribution < 1.29 is 34.1 Å². The summed E-state index contributed by atoms with van der Waals surface area (Å²) in [6.07, 6.45) is 0.939. The predicted molar refractivity (Wildman–Crippen MR) is 125 cm³/mol. The van der Waals surface area contributed by atoms with E-state index in [1.54, 1.807) is 24.3 Å². The van der Waals surface area contributed by atoms with E-state index in [1.807, 2.05) is 6.92 Å². The van der Waals surface area contributed by atoms with Crippen LogP contribution in [0.5, 0.6) is 17.2 Å². The maximum atomic E-state index is 11.9. The van der Waals surface area contributed by atoms with Crippen LogP contribution >= 0.6 is 11.6 Å². The quantitative estimate of drug-likeness (QED) is 0.301. The monoisotopic (exact) mass is 474 g/mol. The fraction of sp³-hybridized carbons (Fsp3) is 0.320. The molecule has 8 heteroatoms. The summed E-state index contributed by atoms with van der Waals surface area (Å²) in [5, 5.41) is 19.4. The van der Waals surface area contributed by atoms with Gasteiger partial charge < -0.3 is 19.7 Å². The largest absolute Gasteiger partial charge is 0.507 e. The van der Waals surface area contributed by atoms with E-state index in [0.717, 1.165) is 6.42 Å². The number of halogens is 1. The first kappa shape index (κ1) is 25.9. The number of carboxylic acids is 1. The second kappa shape index (κ2) is 12.1. The molecule has 2 rings (SSSR count). The molecule has 0 unspecified atom stereocenters. The van der Waals surface area contributed by atoms with Gasteiger partial charge in [0.15, 0.2) is 11.6 Å².